The molecule has 3 N–H and O–H groups in total. The van der Waals surface area contributed by atoms with E-state index in [2.05, 4.69) is 27.9 Å². The van der Waals surface area contributed by atoms with Gasteiger partial charge in [0.05, 0.1) is 24.9 Å². The van der Waals surface area contributed by atoms with Gasteiger partial charge in [-0.25, -0.2) is 0 Å². The van der Waals surface area contributed by atoms with Gasteiger partial charge in [-0.05, 0) is 36.2 Å². The molecule has 2 heterocycles. The lowest BCUT2D eigenvalue weighted by molar-refractivity contribution is 0.0765. The first-order chi connectivity index (χ1) is 13.7. The Bertz CT molecular complexity index is 945. The molecule has 2 aromatic carbocycles. The summed E-state index contributed by atoms with van der Waals surface area (Å²) in [5.41, 5.74) is 3.68. The van der Waals surface area contributed by atoms with Crippen molar-refractivity contribution in [3.63, 3.8) is 0 Å². The number of carbonyl (C=O) groups excluding carboxylic acids is 1. The number of nitrogens with one attached hydrogen (secondary N) is 2. The Hall–Kier alpha value is -2.67. The number of piperidine rings is 1. The molecule has 4 rings (SSSR count). The second-order valence-electron chi connectivity index (χ2n) is 7.13. The van der Waals surface area contributed by atoms with E-state index >= 15 is 0 Å². The van der Waals surface area contributed by atoms with Gasteiger partial charge in [0.2, 0.25) is 0 Å². The van der Waals surface area contributed by atoms with Gasteiger partial charge in [0.15, 0.2) is 0 Å². The van der Waals surface area contributed by atoms with Crippen LogP contribution < -0.4 is 10.6 Å². The second-order valence-corrected chi connectivity index (χ2v) is 7.13. The van der Waals surface area contributed by atoms with Crippen LogP contribution in [-0.4, -0.2) is 46.0 Å². The first-order valence-electron chi connectivity index (χ1n) is 9.55. The maximum absolute atomic E-state index is 12.6. The van der Waals surface area contributed by atoms with Gasteiger partial charge in [0, 0.05) is 23.9 Å². The lowest BCUT2D eigenvalue weighted by Gasteiger charge is -2.29. The van der Waals surface area contributed by atoms with Gasteiger partial charge in [-0.3, -0.25) is 9.48 Å². The van der Waals surface area contributed by atoms with Crippen molar-refractivity contribution in [2.45, 2.75) is 25.1 Å². The SMILES string of the molecule is Cl.O=C(N[C@@H]1CCNC[C@H]1O)c1cccc(-c2cnn(Cc3ccccc3)c2)c1. The summed E-state index contributed by atoms with van der Waals surface area (Å²) in [7, 11) is 0. The van der Waals surface area contributed by atoms with E-state index in [1.54, 1.807) is 6.07 Å². The van der Waals surface area contributed by atoms with Crippen molar-refractivity contribution in [1.29, 1.82) is 0 Å². The highest BCUT2D eigenvalue weighted by molar-refractivity contribution is 5.95. The molecule has 0 radical (unpaired) electrons. The van der Waals surface area contributed by atoms with Gasteiger partial charge in [-0.15, -0.1) is 12.4 Å². The zero-order valence-corrected chi connectivity index (χ0v) is 16.8. The Morgan fingerprint density at radius 1 is 1.17 bits per heavy atom. The van der Waals surface area contributed by atoms with Crippen LogP contribution in [0.2, 0.25) is 0 Å². The van der Waals surface area contributed by atoms with Crippen LogP contribution in [-0.2, 0) is 6.54 Å². The third kappa shape index (κ3) is 5.23. The van der Waals surface area contributed by atoms with E-state index in [0.29, 0.717) is 18.7 Å². The van der Waals surface area contributed by atoms with Gasteiger partial charge in [0.25, 0.3) is 5.91 Å². The first-order valence-corrected chi connectivity index (χ1v) is 9.55. The summed E-state index contributed by atoms with van der Waals surface area (Å²) < 4.78 is 1.89. The van der Waals surface area contributed by atoms with Crippen molar-refractivity contribution >= 4 is 18.3 Å². The van der Waals surface area contributed by atoms with Gasteiger partial charge in [-0.1, -0.05) is 42.5 Å². The number of carbonyl (C=O) groups is 1. The van der Waals surface area contributed by atoms with Gasteiger partial charge in [-0.2, -0.15) is 5.10 Å². The van der Waals surface area contributed by atoms with Crippen LogP contribution in [0, 0.1) is 0 Å². The van der Waals surface area contributed by atoms with Crippen molar-refractivity contribution in [1.82, 2.24) is 20.4 Å². The molecule has 1 aromatic heterocycles. The minimum absolute atomic E-state index is 0. The molecule has 0 spiro atoms. The summed E-state index contributed by atoms with van der Waals surface area (Å²) in [5.74, 6) is -0.163. The van der Waals surface area contributed by atoms with E-state index < -0.39 is 6.10 Å². The molecule has 6 nitrogen and oxygen atoms in total. The van der Waals surface area contributed by atoms with Crippen LogP contribution in [0.4, 0.5) is 0 Å². The molecule has 0 aliphatic carbocycles. The summed E-state index contributed by atoms with van der Waals surface area (Å²) in [6.07, 6.45) is 3.97. The molecule has 0 unspecified atom stereocenters. The van der Waals surface area contributed by atoms with Crippen molar-refractivity contribution in [2.24, 2.45) is 0 Å². The molecular formula is C22H25ClN4O2. The molecule has 152 valence electrons. The highest BCUT2D eigenvalue weighted by Gasteiger charge is 2.24. The van der Waals surface area contributed by atoms with E-state index in [4.69, 9.17) is 0 Å². The quantitative estimate of drug-likeness (QED) is 0.601. The minimum Gasteiger partial charge on any atom is -0.390 e. The minimum atomic E-state index is -0.558. The molecule has 7 heteroatoms. The maximum Gasteiger partial charge on any atom is 0.251 e. The number of aromatic nitrogens is 2. The largest absolute Gasteiger partial charge is 0.390 e. The lowest BCUT2D eigenvalue weighted by atomic mass is 10.0. The number of aliphatic hydroxyl groups excluding tert-OH is 1. The number of hydrogen-bond acceptors (Lipinski definition) is 4. The maximum atomic E-state index is 12.6. The normalized spacial score (nSPS) is 18.7. The van der Waals surface area contributed by atoms with Crippen LogP contribution in [0.5, 0.6) is 0 Å². The van der Waals surface area contributed by atoms with Crippen molar-refractivity contribution in [3.8, 4) is 11.1 Å². The molecule has 1 saturated heterocycles. The van der Waals surface area contributed by atoms with Crippen LogP contribution in [0.1, 0.15) is 22.3 Å². The fourth-order valence-corrected chi connectivity index (χ4v) is 3.47. The Morgan fingerprint density at radius 3 is 2.79 bits per heavy atom. The highest BCUT2D eigenvalue weighted by Crippen LogP contribution is 2.20. The smallest absolute Gasteiger partial charge is 0.251 e. The number of amides is 1. The number of benzene rings is 2. The Labute approximate surface area is 176 Å². The molecule has 1 aliphatic heterocycles. The molecule has 1 aliphatic rings. The van der Waals surface area contributed by atoms with E-state index in [-0.39, 0.29) is 24.4 Å². The fourth-order valence-electron chi connectivity index (χ4n) is 3.47. The molecular weight excluding hydrogens is 388 g/mol. The standard InChI is InChI=1S/C22H24N4O2.ClH/c27-21-13-23-10-9-20(21)25-22(28)18-8-4-7-17(11-18)19-12-24-26(15-19)14-16-5-2-1-3-6-16;/h1-8,11-12,15,20-21,23,27H,9-10,13-14H2,(H,25,28);1H/t20-,21-;/m1./s1. The molecule has 1 fully saturated rings. The molecule has 0 bridgehead atoms. The van der Waals surface area contributed by atoms with Gasteiger partial charge in [0.1, 0.15) is 0 Å². The topological polar surface area (TPSA) is 79.2 Å². The summed E-state index contributed by atoms with van der Waals surface area (Å²) in [6.45, 7) is 2.00. The highest BCUT2D eigenvalue weighted by atomic mass is 35.5. The van der Waals surface area contributed by atoms with E-state index in [0.717, 1.165) is 24.1 Å². The Balaban J connectivity index is 0.00000240. The summed E-state index contributed by atoms with van der Waals surface area (Å²) in [4.78, 5) is 12.6. The molecule has 0 saturated carbocycles. The van der Waals surface area contributed by atoms with Crippen molar-refractivity contribution in [2.75, 3.05) is 13.1 Å². The van der Waals surface area contributed by atoms with E-state index in [9.17, 15) is 9.90 Å². The molecule has 1 amide bonds. The van der Waals surface area contributed by atoms with Crippen LogP contribution in [0.25, 0.3) is 11.1 Å². The number of nitrogens with zero attached hydrogens (tertiary/aromatic N) is 2. The van der Waals surface area contributed by atoms with Crippen LogP contribution in [0.15, 0.2) is 67.0 Å². The number of halogens is 1. The van der Waals surface area contributed by atoms with E-state index in [1.807, 2.05) is 53.5 Å². The Kier molecular flexibility index (Phi) is 7.04. The second kappa shape index (κ2) is 9.69. The fraction of sp³-hybridized carbons (Fsp3) is 0.273. The zero-order chi connectivity index (χ0) is 19.3. The molecule has 3 aromatic rings. The van der Waals surface area contributed by atoms with Gasteiger partial charge >= 0.3 is 0 Å². The lowest BCUT2D eigenvalue weighted by Crippen LogP contribution is -2.52. The number of aliphatic hydroxyl groups is 1. The summed E-state index contributed by atoms with van der Waals surface area (Å²) in [5, 5.41) is 20.5. The predicted molar refractivity (Wildman–Crippen MR) is 115 cm³/mol. The van der Waals surface area contributed by atoms with Crippen LogP contribution in [0.3, 0.4) is 0 Å². The average Bonchev–Trinajstić information content (AvgIpc) is 3.19. The number of β-amino-alcohol motifs (C(OH)–C–C–N with tert-alkyl or cyclic N) is 1. The number of rotatable bonds is 5. The molecule has 2 atom stereocenters. The third-order valence-electron chi connectivity index (χ3n) is 5.05. The third-order valence-corrected chi connectivity index (χ3v) is 5.05. The van der Waals surface area contributed by atoms with E-state index in [1.165, 1.54) is 5.56 Å². The molecule has 29 heavy (non-hydrogen) atoms. The Morgan fingerprint density at radius 2 is 2.00 bits per heavy atom. The van der Waals surface area contributed by atoms with Crippen molar-refractivity contribution in [3.05, 3.63) is 78.1 Å². The first kappa shape index (κ1) is 21.0. The average molecular weight is 413 g/mol. The van der Waals surface area contributed by atoms with Crippen molar-refractivity contribution < 1.29 is 9.90 Å². The summed E-state index contributed by atoms with van der Waals surface area (Å²) >= 11 is 0. The summed E-state index contributed by atoms with van der Waals surface area (Å²) in [6, 6.07) is 17.5. The van der Waals surface area contributed by atoms with Gasteiger partial charge < -0.3 is 15.7 Å². The van der Waals surface area contributed by atoms with Crippen LogP contribution >= 0.6 is 12.4 Å². The monoisotopic (exact) mass is 412 g/mol. The number of hydrogen-bond donors (Lipinski definition) is 3. The predicted octanol–water partition coefficient (Wildman–Crippen LogP) is 2.47. The zero-order valence-electron chi connectivity index (χ0n) is 16.0.